The second kappa shape index (κ2) is 11.7. The van der Waals surface area contributed by atoms with Crippen molar-refractivity contribution in [1.29, 1.82) is 0 Å². The summed E-state index contributed by atoms with van der Waals surface area (Å²) in [6.45, 7) is 2.44. The van der Waals surface area contributed by atoms with Crippen LogP contribution < -0.4 is 9.47 Å². The number of rotatable bonds is 8. The SMILES string of the molecule is CCOc1cc(/C=C2\SC(=O)N(Cc3ccc(F)cc3Cl)C2=O)cc(Cl)c1OCc1cccc2ccccc12. The minimum atomic E-state index is -0.496. The first-order valence-corrected chi connectivity index (χ1v) is 13.7. The number of carbonyl (C=O) groups is 2. The second-order valence-electron chi connectivity index (χ2n) is 8.69. The fraction of sp³-hybridized carbons (Fsp3) is 0.133. The smallest absolute Gasteiger partial charge is 0.293 e. The minimum Gasteiger partial charge on any atom is -0.490 e. The van der Waals surface area contributed by atoms with Gasteiger partial charge in [0, 0.05) is 5.02 Å². The molecule has 0 aromatic heterocycles. The van der Waals surface area contributed by atoms with Crippen molar-refractivity contribution >= 4 is 63.0 Å². The second-order valence-corrected chi connectivity index (χ2v) is 10.5. The van der Waals surface area contributed by atoms with Crippen LogP contribution in [-0.4, -0.2) is 22.7 Å². The van der Waals surface area contributed by atoms with Gasteiger partial charge in [0.2, 0.25) is 0 Å². The molecule has 1 aliphatic heterocycles. The first kappa shape index (κ1) is 27.1. The molecule has 198 valence electrons. The molecular weight excluding hydrogens is 560 g/mol. The Morgan fingerprint density at radius 3 is 2.51 bits per heavy atom. The average molecular weight is 582 g/mol. The van der Waals surface area contributed by atoms with Gasteiger partial charge in [0.25, 0.3) is 11.1 Å². The van der Waals surface area contributed by atoms with Crippen LogP contribution in [-0.2, 0) is 17.9 Å². The van der Waals surface area contributed by atoms with E-state index in [1.54, 1.807) is 18.2 Å². The molecule has 4 aromatic rings. The minimum absolute atomic E-state index is 0.0625. The van der Waals surface area contributed by atoms with E-state index in [9.17, 15) is 14.0 Å². The van der Waals surface area contributed by atoms with Gasteiger partial charge in [-0.25, -0.2) is 4.39 Å². The molecule has 9 heteroatoms. The maximum Gasteiger partial charge on any atom is 0.293 e. The van der Waals surface area contributed by atoms with E-state index in [1.807, 2.05) is 49.4 Å². The van der Waals surface area contributed by atoms with Gasteiger partial charge < -0.3 is 9.47 Å². The molecule has 0 aliphatic carbocycles. The molecular formula is C30H22Cl2FNO4S. The highest BCUT2D eigenvalue weighted by atomic mass is 35.5. The summed E-state index contributed by atoms with van der Waals surface area (Å²) in [4.78, 5) is 26.9. The van der Waals surface area contributed by atoms with Gasteiger partial charge in [-0.3, -0.25) is 14.5 Å². The molecule has 0 atom stereocenters. The zero-order valence-electron chi connectivity index (χ0n) is 20.7. The lowest BCUT2D eigenvalue weighted by Gasteiger charge is -2.15. The van der Waals surface area contributed by atoms with E-state index in [2.05, 4.69) is 0 Å². The van der Waals surface area contributed by atoms with Gasteiger partial charge in [-0.05, 0) is 76.5 Å². The van der Waals surface area contributed by atoms with Crippen molar-refractivity contribution in [3.8, 4) is 11.5 Å². The molecule has 1 heterocycles. The lowest BCUT2D eigenvalue weighted by molar-refractivity contribution is -0.123. The van der Waals surface area contributed by atoms with Gasteiger partial charge in [-0.1, -0.05) is 71.7 Å². The fourth-order valence-corrected chi connectivity index (χ4v) is 5.59. The Morgan fingerprint density at radius 1 is 0.923 bits per heavy atom. The van der Waals surface area contributed by atoms with Crippen molar-refractivity contribution in [3.63, 3.8) is 0 Å². The van der Waals surface area contributed by atoms with Crippen LogP contribution in [0.5, 0.6) is 11.5 Å². The number of fused-ring (bicyclic) bond motifs is 1. The molecule has 1 aliphatic rings. The van der Waals surface area contributed by atoms with Gasteiger partial charge in [-0.15, -0.1) is 0 Å². The molecule has 39 heavy (non-hydrogen) atoms. The van der Waals surface area contributed by atoms with E-state index in [1.165, 1.54) is 12.1 Å². The number of hydrogen-bond acceptors (Lipinski definition) is 5. The number of nitrogens with zero attached hydrogens (tertiary/aromatic N) is 1. The van der Waals surface area contributed by atoms with Crippen molar-refractivity contribution in [1.82, 2.24) is 4.90 Å². The topological polar surface area (TPSA) is 55.8 Å². The van der Waals surface area contributed by atoms with Crippen LogP contribution in [0.25, 0.3) is 16.8 Å². The lowest BCUT2D eigenvalue weighted by Crippen LogP contribution is -2.27. The Morgan fingerprint density at radius 2 is 1.72 bits per heavy atom. The highest BCUT2D eigenvalue weighted by Crippen LogP contribution is 2.40. The zero-order chi connectivity index (χ0) is 27.5. The van der Waals surface area contributed by atoms with Crippen molar-refractivity contribution in [2.45, 2.75) is 20.1 Å². The Labute approximate surface area is 239 Å². The Hall–Kier alpha value is -3.52. The van der Waals surface area contributed by atoms with Crippen LogP contribution in [0, 0.1) is 5.82 Å². The van der Waals surface area contributed by atoms with Gasteiger partial charge in [-0.2, -0.15) is 0 Å². The van der Waals surface area contributed by atoms with Gasteiger partial charge >= 0.3 is 0 Å². The molecule has 1 saturated heterocycles. The number of hydrogen-bond donors (Lipinski definition) is 0. The summed E-state index contributed by atoms with van der Waals surface area (Å²) < 4.78 is 25.3. The number of carbonyl (C=O) groups excluding carboxylic acids is 2. The predicted molar refractivity (Wildman–Crippen MR) is 154 cm³/mol. The van der Waals surface area contributed by atoms with Gasteiger partial charge in [0.05, 0.1) is 23.1 Å². The van der Waals surface area contributed by atoms with Gasteiger partial charge in [0.15, 0.2) is 11.5 Å². The maximum atomic E-state index is 13.4. The standard InChI is InChI=1S/C30H22Cl2FNO4S/c1-2-37-26-13-18(12-25(32)28(26)38-17-21-8-5-7-19-6-3-4-9-23(19)21)14-27-29(35)34(30(36)39-27)16-20-10-11-22(33)15-24(20)31/h3-15H,2,16-17H2,1H3/b27-14-. The largest absolute Gasteiger partial charge is 0.490 e. The summed E-state index contributed by atoms with van der Waals surface area (Å²) in [5, 5.41) is 2.21. The van der Waals surface area contributed by atoms with Crippen LogP contribution in [0.4, 0.5) is 9.18 Å². The fourth-order valence-electron chi connectivity index (χ4n) is 4.25. The molecule has 5 rings (SSSR count). The molecule has 0 saturated carbocycles. The molecule has 1 fully saturated rings. The molecule has 0 unspecified atom stereocenters. The van der Waals surface area contributed by atoms with Crippen molar-refractivity contribution in [2.24, 2.45) is 0 Å². The monoisotopic (exact) mass is 581 g/mol. The number of thioether (sulfide) groups is 1. The third kappa shape index (κ3) is 5.91. The van der Waals surface area contributed by atoms with Crippen molar-refractivity contribution in [3.05, 3.63) is 110 Å². The maximum absolute atomic E-state index is 13.4. The van der Waals surface area contributed by atoms with E-state index >= 15 is 0 Å². The third-order valence-corrected chi connectivity index (χ3v) is 7.64. The third-order valence-electron chi connectivity index (χ3n) is 6.10. The molecule has 0 radical (unpaired) electrons. The van der Waals surface area contributed by atoms with E-state index in [0.717, 1.165) is 39.1 Å². The summed E-state index contributed by atoms with van der Waals surface area (Å²) >= 11 is 13.5. The van der Waals surface area contributed by atoms with Crippen LogP contribution in [0.1, 0.15) is 23.6 Å². The highest BCUT2D eigenvalue weighted by Gasteiger charge is 2.35. The van der Waals surface area contributed by atoms with Gasteiger partial charge in [0.1, 0.15) is 12.4 Å². The Balaban J connectivity index is 1.38. The number of imide groups is 1. The van der Waals surface area contributed by atoms with E-state index in [4.69, 9.17) is 32.7 Å². The van der Waals surface area contributed by atoms with Crippen LogP contribution >= 0.6 is 35.0 Å². The summed E-state index contributed by atoms with van der Waals surface area (Å²) in [7, 11) is 0. The Kier molecular flexibility index (Phi) is 8.12. The molecule has 0 bridgehead atoms. The average Bonchev–Trinajstić information content (AvgIpc) is 3.17. The molecule has 4 aromatic carbocycles. The summed E-state index contributed by atoms with van der Waals surface area (Å²) in [6, 6.07) is 21.3. The van der Waals surface area contributed by atoms with Crippen LogP contribution in [0.2, 0.25) is 10.0 Å². The summed E-state index contributed by atoms with van der Waals surface area (Å²) in [6.07, 6.45) is 1.58. The predicted octanol–water partition coefficient (Wildman–Crippen LogP) is 8.50. The first-order chi connectivity index (χ1) is 18.8. The number of amides is 2. The van der Waals surface area contributed by atoms with Crippen LogP contribution in [0.3, 0.4) is 0 Å². The normalized spacial score (nSPS) is 14.5. The summed E-state index contributed by atoms with van der Waals surface area (Å²) in [5.74, 6) is -0.156. The molecule has 2 amide bonds. The van der Waals surface area contributed by atoms with Crippen molar-refractivity contribution < 1.29 is 23.5 Å². The number of ether oxygens (including phenoxy) is 2. The van der Waals surface area contributed by atoms with E-state index in [-0.39, 0.29) is 23.1 Å². The van der Waals surface area contributed by atoms with E-state index in [0.29, 0.717) is 34.3 Å². The molecule has 0 spiro atoms. The lowest BCUT2D eigenvalue weighted by atomic mass is 10.1. The van der Waals surface area contributed by atoms with E-state index < -0.39 is 17.0 Å². The summed E-state index contributed by atoms with van der Waals surface area (Å²) in [5.41, 5.74) is 2.05. The molecule has 0 N–H and O–H groups in total. The highest BCUT2D eigenvalue weighted by molar-refractivity contribution is 8.18. The Bertz CT molecular complexity index is 1620. The quantitative estimate of drug-likeness (QED) is 0.195. The number of benzene rings is 4. The molecule has 5 nitrogen and oxygen atoms in total. The zero-order valence-corrected chi connectivity index (χ0v) is 23.1. The first-order valence-electron chi connectivity index (χ1n) is 12.1. The number of halogens is 3. The van der Waals surface area contributed by atoms with Crippen LogP contribution in [0.15, 0.2) is 77.7 Å². The van der Waals surface area contributed by atoms with Crippen molar-refractivity contribution in [2.75, 3.05) is 6.61 Å².